The quantitative estimate of drug-likeness (QED) is 0.775. The van der Waals surface area contributed by atoms with Crippen LogP contribution in [0.2, 0.25) is 0 Å². The molecule has 2 unspecified atom stereocenters. The molecule has 6 heteroatoms. The molecule has 0 radical (unpaired) electrons. The van der Waals surface area contributed by atoms with E-state index in [0.717, 1.165) is 12.1 Å². The predicted molar refractivity (Wildman–Crippen MR) is 50.0 cm³/mol. The first-order valence-electron chi connectivity index (χ1n) is 4.54. The van der Waals surface area contributed by atoms with E-state index in [1.807, 2.05) is 0 Å². The molecule has 0 amide bonds. The molecule has 16 heavy (non-hydrogen) atoms. The Labute approximate surface area is 89.7 Å². The van der Waals surface area contributed by atoms with E-state index in [1.54, 1.807) is 0 Å². The smallest absolute Gasteiger partial charge is 0.387 e. The van der Waals surface area contributed by atoms with Gasteiger partial charge in [-0.3, -0.25) is 0 Å². The Balaban J connectivity index is 3.24. The van der Waals surface area contributed by atoms with Crippen LogP contribution in [0.5, 0.6) is 0 Å². The molecule has 0 spiro atoms. The molecule has 1 aromatic rings. The normalized spacial score (nSPS) is 15.9. The van der Waals surface area contributed by atoms with Crippen molar-refractivity contribution in [3.63, 3.8) is 0 Å². The highest BCUT2D eigenvalue weighted by Gasteiger charge is 2.35. The van der Waals surface area contributed by atoms with Crippen molar-refractivity contribution in [1.29, 1.82) is 0 Å². The summed E-state index contributed by atoms with van der Waals surface area (Å²) in [6.45, 7) is 1.38. The zero-order valence-corrected chi connectivity index (χ0v) is 8.42. The van der Waals surface area contributed by atoms with Crippen molar-refractivity contribution >= 4 is 0 Å². The Morgan fingerprint density at radius 2 is 1.88 bits per heavy atom. The highest BCUT2D eigenvalue weighted by Crippen LogP contribution is 2.34. The maximum Gasteiger partial charge on any atom is 0.419 e. The van der Waals surface area contributed by atoms with Crippen molar-refractivity contribution in [2.45, 2.75) is 25.2 Å². The molecular weight excluding hydrogens is 226 g/mol. The van der Waals surface area contributed by atoms with Crippen LogP contribution in [0.4, 0.5) is 17.6 Å². The van der Waals surface area contributed by atoms with Crippen molar-refractivity contribution in [2.24, 2.45) is 5.73 Å². The van der Waals surface area contributed by atoms with Crippen LogP contribution in [0.25, 0.3) is 0 Å². The lowest BCUT2D eigenvalue weighted by Crippen LogP contribution is -2.26. The molecular formula is C10H11F4NO. The van der Waals surface area contributed by atoms with Crippen LogP contribution in [-0.2, 0) is 6.18 Å². The topological polar surface area (TPSA) is 46.2 Å². The average Bonchev–Trinajstić information content (AvgIpc) is 2.15. The fourth-order valence-electron chi connectivity index (χ4n) is 1.28. The van der Waals surface area contributed by atoms with E-state index in [1.165, 1.54) is 6.92 Å². The van der Waals surface area contributed by atoms with E-state index in [0.29, 0.717) is 6.07 Å². The summed E-state index contributed by atoms with van der Waals surface area (Å²) >= 11 is 0. The third-order valence-corrected chi connectivity index (χ3v) is 2.15. The fourth-order valence-corrected chi connectivity index (χ4v) is 1.28. The van der Waals surface area contributed by atoms with Gasteiger partial charge in [-0.15, -0.1) is 0 Å². The molecule has 0 saturated carbocycles. The lowest BCUT2D eigenvalue weighted by Gasteiger charge is -2.17. The largest absolute Gasteiger partial charge is 0.419 e. The second-order valence-corrected chi connectivity index (χ2v) is 3.51. The molecule has 90 valence electrons. The monoisotopic (exact) mass is 237 g/mol. The Hall–Kier alpha value is -1.14. The van der Waals surface area contributed by atoms with Crippen LogP contribution in [0.15, 0.2) is 18.2 Å². The first-order valence-corrected chi connectivity index (χ1v) is 4.54. The minimum absolute atomic E-state index is 0.440. The first kappa shape index (κ1) is 12.9. The molecule has 1 aromatic carbocycles. The van der Waals surface area contributed by atoms with Gasteiger partial charge in [0.05, 0.1) is 11.7 Å². The van der Waals surface area contributed by atoms with Crippen LogP contribution in [0.3, 0.4) is 0 Å². The lowest BCUT2D eigenvalue weighted by atomic mass is 10.0. The van der Waals surface area contributed by atoms with Gasteiger partial charge in [0.2, 0.25) is 0 Å². The Morgan fingerprint density at radius 1 is 1.31 bits per heavy atom. The standard InChI is InChI=1S/C10H11F4NO/c1-5(15)9(16)6-3-2-4-7(8(6)11)10(12,13)14/h2-5,9,16H,15H2,1H3. The lowest BCUT2D eigenvalue weighted by molar-refractivity contribution is -0.140. The van der Waals surface area contributed by atoms with Gasteiger partial charge in [0, 0.05) is 11.6 Å². The van der Waals surface area contributed by atoms with Crippen molar-refractivity contribution in [3.8, 4) is 0 Å². The summed E-state index contributed by atoms with van der Waals surface area (Å²) in [5.74, 6) is -1.47. The van der Waals surface area contributed by atoms with Gasteiger partial charge in [-0.25, -0.2) is 4.39 Å². The molecule has 0 fully saturated rings. The summed E-state index contributed by atoms with van der Waals surface area (Å²) in [5, 5.41) is 9.44. The Kier molecular flexibility index (Phi) is 3.54. The van der Waals surface area contributed by atoms with Crippen LogP contribution in [0.1, 0.15) is 24.2 Å². The molecule has 0 aromatic heterocycles. The van der Waals surface area contributed by atoms with E-state index in [9.17, 15) is 22.7 Å². The van der Waals surface area contributed by atoms with E-state index in [4.69, 9.17) is 5.73 Å². The summed E-state index contributed by atoms with van der Waals surface area (Å²) in [4.78, 5) is 0. The number of rotatable bonds is 2. The first-order chi connectivity index (χ1) is 7.25. The van der Waals surface area contributed by atoms with Gasteiger partial charge in [-0.1, -0.05) is 12.1 Å². The number of nitrogens with two attached hydrogens (primary N) is 1. The van der Waals surface area contributed by atoms with Gasteiger partial charge in [0.1, 0.15) is 5.82 Å². The molecule has 3 N–H and O–H groups in total. The third-order valence-electron chi connectivity index (χ3n) is 2.15. The highest BCUT2D eigenvalue weighted by molar-refractivity contribution is 5.30. The van der Waals surface area contributed by atoms with Gasteiger partial charge in [0.15, 0.2) is 0 Å². The SMILES string of the molecule is CC(N)C(O)c1cccc(C(F)(F)F)c1F. The Bertz CT molecular complexity index is 376. The van der Waals surface area contributed by atoms with E-state index in [-0.39, 0.29) is 0 Å². The molecule has 1 rings (SSSR count). The van der Waals surface area contributed by atoms with Gasteiger partial charge < -0.3 is 10.8 Å². The van der Waals surface area contributed by atoms with Gasteiger partial charge >= 0.3 is 6.18 Å². The number of alkyl halides is 3. The van der Waals surface area contributed by atoms with Crippen LogP contribution in [0, 0.1) is 5.82 Å². The minimum Gasteiger partial charge on any atom is -0.387 e. The number of benzene rings is 1. The number of halogens is 4. The number of hydrogen-bond donors (Lipinski definition) is 2. The highest BCUT2D eigenvalue weighted by atomic mass is 19.4. The maximum absolute atomic E-state index is 13.4. The van der Waals surface area contributed by atoms with Crippen molar-refractivity contribution < 1.29 is 22.7 Å². The molecule has 0 bridgehead atoms. The van der Waals surface area contributed by atoms with E-state index < -0.39 is 35.3 Å². The number of hydrogen-bond acceptors (Lipinski definition) is 2. The van der Waals surface area contributed by atoms with E-state index >= 15 is 0 Å². The second kappa shape index (κ2) is 4.39. The summed E-state index contributed by atoms with van der Waals surface area (Å²) < 4.78 is 50.5. The molecule has 2 nitrogen and oxygen atoms in total. The van der Waals surface area contributed by atoms with Crippen LogP contribution < -0.4 is 5.73 Å². The van der Waals surface area contributed by atoms with Gasteiger partial charge in [-0.2, -0.15) is 13.2 Å². The minimum atomic E-state index is -4.78. The van der Waals surface area contributed by atoms with Crippen molar-refractivity contribution in [2.75, 3.05) is 0 Å². The molecule has 0 aliphatic rings. The maximum atomic E-state index is 13.4. The van der Waals surface area contributed by atoms with Gasteiger partial charge in [-0.05, 0) is 13.0 Å². The molecule has 0 heterocycles. The van der Waals surface area contributed by atoms with Crippen LogP contribution in [-0.4, -0.2) is 11.1 Å². The average molecular weight is 237 g/mol. The molecule has 0 saturated heterocycles. The summed E-state index contributed by atoms with van der Waals surface area (Å²) in [7, 11) is 0. The zero-order valence-electron chi connectivity index (χ0n) is 8.42. The summed E-state index contributed by atoms with van der Waals surface area (Å²) in [6.07, 6.45) is -6.24. The zero-order chi connectivity index (χ0) is 12.5. The summed E-state index contributed by atoms with van der Waals surface area (Å²) in [5.41, 5.74) is 3.46. The van der Waals surface area contributed by atoms with Gasteiger partial charge in [0.25, 0.3) is 0 Å². The fraction of sp³-hybridized carbons (Fsp3) is 0.400. The second-order valence-electron chi connectivity index (χ2n) is 3.51. The number of aliphatic hydroxyl groups is 1. The third kappa shape index (κ3) is 2.51. The summed E-state index contributed by atoms with van der Waals surface area (Å²) in [6, 6.07) is 1.89. The molecule has 0 aliphatic heterocycles. The van der Waals surface area contributed by atoms with E-state index in [2.05, 4.69) is 0 Å². The number of aliphatic hydroxyl groups excluding tert-OH is 1. The van der Waals surface area contributed by atoms with Crippen LogP contribution >= 0.6 is 0 Å². The Morgan fingerprint density at radius 3 is 2.31 bits per heavy atom. The molecule has 2 atom stereocenters. The van der Waals surface area contributed by atoms with Crippen molar-refractivity contribution in [1.82, 2.24) is 0 Å². The molecule has 0 aliphatic carbocycles. The predicted octanol–water partition coefficient (Wildman–Crippen LogP) is 2.23. The van der Waals surface area contributed by atoms with Crippen molar-refractivity contribution in [3.05, 3.63) is 35.1 Å².